The highest BCUT2D eigenvalue weighted by Crippen LogP contribution is 2.40. The van der Waals surface area contributed by atoms with E-state index in [9.17, 15) is 4.79 Å². The molecule has 4 aromatic rings. The number of nitrogens with zero attached hydrogens (tertiary/aromatic N) is 5. The van der Waals surface area contributed by atoms with E-state index in [1.165, 1.54) is 40.0 Å². The average molecular weight is 487 g/mol. The molecule has 1 unspecified atom stereocenters. The van der Waals surface area contributed by atoms with E-state index < -0.39 is 0 Å². The van der Waals surface area contributed by atoms with Crippen molar-refractivity contribution in [1.82, 2.24) is 24.6 Å². The first-order valence-corrected chi connectivity index (χ1v) is 13.5. The van der Waals surface area contributed by atoms with Gasteiger partial charge in [0.15, 0.2) is 15.9 Å². The summed E-state index contributed by atoms with van der Waals surface area (Å²) in [5.41, 5.74) is 3.22. The van der Waals surface area contributed by atoms with Gasteiger partial charge in [-0.2, -0.15) is 0 Å². The minimum atomic E-state index is -0.0949. The Kier molecular flexibility index (Phi) is 5.71. The first kappa shape index (κ1) is 21.8. The van der Waals surface area contributed by atoms with E-state index in [1.54, 1.807) is 0 Å². The zero-order valence-corrected chi connectivity index (χ0v) is 21.3. The SMILES string of the molecule is Cc1nc(NC(=O)CSc2nnc3c4c5c(sc4nc(C(C)C)n23)CC(C)CC5)sc1C. The lowest BCUT2D eigenvalue weighted by Gasteiger charge is -2.17. The fraction of sp³-hybridized carbons (Fsp3) is 0.500. The van der Waals surface area contributed by atoms with Crippen molar-refractivity contribution in [3.8, 4) is 0 Å². The summed E-state index contributed by atoms with van der Waals surface area (Å²) in [6.07, 6.45) is 3.38. The van der Waals surface area contributed by atoms with Crippen molar-refractivity contribution in [2.45, 2.75) is 65.0 Å². The zero-order valence-electron chi connectivity index (χ0n) is 18.9. The minimum absolute atomic E-state index is 0.0949. The summed E-state index contributed by atoms with van der Waals surface area (Å²) in [6, 6.07) is 0. The largest absolute Gasteiger partial charge is 0.301 e. The van der Waals surface area contributed by atoms with Gasteiger partial charge in [-0.15, -0.1) is 32.9 Å². The molecule has 168 valence electrons. The van der Waals surface area contributed by atoms with Gasteiger partial charge in [-0.1, -0.05) is 32.5 Å². The Balaban J connectivity index is 1.48. The van der Waals surface area contributed by atoms with Gasteiger partial charge in [-0.3, -0.25) is 9.20 Å². The highest BCUT2D eigenvalue weighted by Gasteiger charge is 2.26. The lowest BCUT2D eigenvalue weighted by molar-refractivity contribution is -0.113. The molecule has 1 N–H and O–H groups in total. The maximum atomic E-state index is 12.5. The Labute approximate surface area is 199 Å². The van der Waals surface area contributed by atoms with Gasteiger partial charge in [0.1, 0.15) is 10.7 Å². The van der Waals surface area contributed by atoms with Gasteiger partial charge in [0.25, 0.3) is 0 Å². The number of amides is 1. The zero-order chi connectivity index (χ0) is 22.6. The summed E-state index contributed by atoms with van der Waals surface area (Å²) in [5.74, 6) is 2.02. The molecule has 32 heavy (non-hydrogen) atoms. The molecule has 0 fully saturated rings. The predicted molar refractivity (Wildman–Crippen MR) is 132 cm³/mol. The number of thiazole rings is 1. The monoisotopic (exact) mass is 486 g/mol. The van der Waals surface area contributed by atoms with Crippen molar-refractivity contribution in [3.63, 3.8) is 0 Å². The van der Waals surface area contributed by atoms with Crippen molar-refractivity contribution >= 4 is 61.3 Å². The molecule has 0 saturated heterocycles. The van der Waals surface area contributed by atoms with Gasteiger partial charge in [-0.25, -0.2) is 9.97 Å². The van der Waals surface area contributed by atoms with E-state index in [0.717, 1.165) is 45.1 Å². The third-order valence-corrected chi connectivity index (χ3v) is 8.98. The normalized spacial score (nSPS) is 16.2. The molecule has 0 aromatic carbocycles. The molecule has 1 aliphatic carbocycles. The van der Waals surface area contributed by atoms with E-state index in [4.69, 9.17) is 4.98 Å². The Hall–Kier alpha value is -2.04. The third kappa shape index (κ3) is 3.82. The van der Waals surface area contributed by atoms with Crippen LogP contribution < -0.4 is 5.32 Å². The van der Waals surface area contributed by atoms with Gasteiger partial charge in [0.05, 0.1) is 16.8 Å². The molecule has 5 rings (SSSR count). The quantitative estimate of drug-likeness (QED) is 0.381. The number of aryl methyl sites for hydroxylation is 3. The Bertz CT molecular complexity index is 1320. The van der Waals surface area contributed by atoms with Crippen LogP contribution in [0.4, 0.5) is 5.13 Å². The van der Waals surface area contributed by atoms with Crippen LogP contribution in [0.5, 0.6) is 0 Å². The number of fused-ring (bicyclic) bond motifs is 5. The summed E-state index contributed by atoms with van der Waals surface area (Å²) in [6.45, 7) is 10.5. The Morgan fingerprint density at radius 2 is 2.06 bits per heavy atom. The lowest BCUT2D eigenvalue weighted by atomic mass is 9.89. The van der Waals surface area contributed by atoms with Crippen LogP contribution >= 0.6 is 34.4 Å². The van der Waals surface area contributed by atoms with Crippen molar-refractivity contribution in [3.05, 3.63) is 26.8 Å². The molecule has 1 aliphatic rings. The van der Waals surface area contributed by atoms with E-state index in [-0.39, 0.29) is 17.6 Å². The molecular formula is C22H26N6OS3. The number of thiophene rings is 1. The third-order valence-electron chi connectivity index (χ3n) is 5.92. The molecular weight excluding hydrogens is 460 g/mol. The lowest BCUT2D eigenvalue weighted by Crippen LogP contribution is -2.14. The Morgan fingerprint density at radius 1 is 1.25 bits per heavy atom. The molecule has 0 bridgehead atoms. The molecule has 1 amide bonds. The smallest absolute Gasteiger partial charge is 0.236 e. The minimum Gasteiger partial charge on any atom is -0.301 e. The topological polar surface area (TPSA) is 85.1 Å². The van der Waals surface area contributed by atoms with Gasteiger partial charge in [0.2, 0.25) is 5.91 Å². The predicted octanol–water partition coefficient (Wildman–Crippen LogP) is 5.39. The fourth-order valence-electron chi connectivity index (χ4n) is 4.13. The molecule has 4 heterocycles. The average Bonchev–Trinajstić information content (AvgIpc) is 3.40. The highest BCUT2D eigenvalue weighted by atomic mass is 32.2. The van der Waals surface area contributed by atoms with Crippen LogP contribution in [0.2, 0.25) is 0 Å². The van der Waals surface area contributed by atoms with Gasteiger partial charge in [0, 0.05) is 15.7 Å². The molecule has 0 aliphatic heterocycles. The van der Waals surface area contributed by atoms with Gasteiger partial charge >= 0.3 is 0 Å². The molecule has 1 atom stereocenters. The summed E-state index contributed by atoms with van der Waals surface area (Å²) >= 11 is 4.70. The van der Waals surface area contributed by atoms with Crippen LogP contribution in [0.25, 0.3) is 15.9 Å². The maximum absolute atomic E-state index is 12.5. The second kappa shape index (κ2) is 8.39. The molecule has 10 heteroatoms. The molecule has 7 nitrogen and oxygen atoms in total. The Morgan fingerprint density at radius 3 is 2.78 bits per heavy atom. The first-order chi connectivity index (χ1) is 15.3. The molecule has 0 saturated carbocycles. The van der Waals surface area contributed by atoms with Crippen molar-refractivity contribution in [2.75, 3.05) is 11.1 Å². The maximum Gasteiger partial charge on any atom is 0.236 e. The van der Waals surface area contributed by atoms with Crippen LogP contribution in [0.3, 0.4) is 0 Å². The van der Waals surface area contributed by atoms with Crippen molar-refractivity contribution < 1.29 is 4.79 Å². The molecule has 0 spiro atoms. The van der Waals surface area contributed by atoms with Crippen LogP contribution in [0.1, 0.15) is 59.9 Å². The van der Waals surface area contributed by atoms with Crippen LogP contribution in [-0.2, 0) is 17.6 Å². The molecule has 4 aromatic heterocycles. The van der Waals surface area contributed by atoms with Gasteiger partial charge in [-0.05, 0) is 44.6 Å². The summed E-state index contributed by atoms with van der Waals surface area (Å²) in [5, 5.41) is 14.5. The molecule has 0 radical (unpaired) electrons. The van der Waals surface area contributed by atoms with E-state index in [2.05, 4.69) is 45.7 Å². The summed E-state index contributed by atoms with van der Waals surface area (Å²) in [4.78, 5) is 25.6. The number of nitrogens with one attached hydrogen (secondary N) is 1. The first-order valence-electron chi connectivity index (χ1n) is 10.9. The second-order valence-electron chi connectivity index (χ2n) is 8.80. The van der Waals surface area contributed by atoms with E-state index in [0.29, 0.717) is 16.2 Å². The second-order valence-corrected chi connectivity index (χ2v) is 12.0. The highest BCUT2D eigenvalue weighted by molar-refractivity contribution is 7.99. The van der Waals surface area contributed by atoms with Crippen molar-refractivity contribution in [2.24, 2.45) is 5.92 Å². The van der Waals surface area contributed by atoms with Crippen LogP contribution in [0.15, 0.2) is 5.16 Å². The number of anilines is 1. The van der Waals surface area contributed by atoms with E-state index in [1.807, 2.05) is 25.2 Å². The summed E-state index contributed by atoms with van der Waals surface area (Å²) < 4.78 is 2.06. The number of hydrogen-bond donors (Lipinski definition) is 1. The number of carbonyl (C=O) groups is 1. The number of aromatic nitrogens is 5. The standard InChI is InChI=1S/C22H26N6OS3/c1-10(2)18-25-20-17(14-7-6-11(3)8-15(14)32-20)19-26-27-22(28(18)19)30-9-16(29)24-21-23-12(4)13(5)31-21/h10-11H,6-9H2,1-5H3,(H,23,24,29). The number of hydrogen-bond acceptors (Lipinski definition) is 8. The van der Waals surface area contributed by atoms with Gasteiger partial charge < -0.3 is 5.32 Å². The van der Waals surface area contributed by atoms with E-state index >= 15 is 0 Å². The van der Waals surface area contributed by atoms with Crippen LogP contribution in [0, 0.1) is 19.8 Å². The summed E-state index contributed by atoms with van der Waals surface area (Å²) in [7, 11) is 0. The van der Waals surface area contributed by atoms with Crippen LogP contribution in [-0.4, -0.2) is 36.2 Å². The number of carbonyl (C=O) groups excluding carboxylic acids is 1. The number of rotatable bonds is 5. The fourth-order valence-corrected chi connectivity index (χ4v) is 7.09. The van der Waals surface area contributed by atoms with Crippen molar-refractivity contribution in [1.29, 1.82) is 0 Å². The number of thioether (sulfide) groups is 1.